The molecule has 5 aromatic rings. The summed E-state index contributed by atoms with van der Waals surface area (Å²) in [4.78, 5) is 45.9. The van der Waals surface area contributed by atoms with Gasteiger partial charge in [0.2, 0.25) is 5.62 Å². The van der Waals surface area contributed by atoms with Gasteiger partial charge in [0.1, 0.15) is 5.75 Å². The summed E-state index contributed by atoms with van der Waals surface area (Å²) < 4.78 is 15.0. The van der Waals surface area contributed by atoms with E-state index in [9.17, 15) is 14.4 Å². The van der Waals surface area contributed by atoms with E-state index >= 15 is 0 Å². The molecule has 0 saturated carbocycles. The quantitative estimate of drug-likeness (QED) is 0.125. The highest BCUT2D eigenvalue weighted by molar-refractivity contribution is 6.98. The first kappa shape index (κ1) is 38.3. The van der Waals surface area contributed by atoms with Crippen LogP contribution in [0.3, 0.4) is 0 Å². The molecule has 53 heavy (non-hydrogen) atoms. The van der Waals surface area contributed by atoms with Crippen molar-refractivity contribution in [2.24, 2.45) is 10.4 Å². The van der Waals surface area contributed by atoms with Gasteiger partial charge in [-0.25, -0.2) is 19.1 Å². The van der Waals surface area contributed by atoms with Gasteiger partial charge in [-0.15, -0.1) is 0 Å². The van der Waals surface area contributed by atoms with Gasteiger partial charge in [-0.05, 0) is 78.0 Å². The smallest absolute Gasteiger partial charge is 0.353 e. The van der Waals surface area contributed by atoms with Crippen LogP contribution in [-0.2, 0) is 17.8 Å². The average Bonchev–Trinajstić information content (AvgIpc) is 3.13. The van der Waals surface area contributed by atoms with Gasteiger partial charge in [0.25, 0.3) is 8.32 Å². The number of halogens is 2. The van der Waals surface area contributed by atoms with Gasteiger partial charge >= 0.3 is 11.4 Å². The van der Waals surface area contributed by atoms with E-state index in [1.165, 1.54) is 9.13 Å². The first-order valence-electron chi connectivity index (χ1n) is 17.6. The van der Waals surface area contributed by atoms with Crippen LogP contribution in [0.1, 0.15) is 46.1 Å². The molecule has 0 atom stereocenters. The molecule has 4 aromatic carbocycles. The Labute approximate surface area is 319 Å². The molecule has 1 aromatic heterocycles. The van der Waals surface area contributed by atoms with Crippen molar-refractivity contribution in [1.82, 2.24) is 13.8 Å². The molecule has 1 fully saturated rings. The summed E-state index contributed by atoms with van der Waals surface area (Å²) in [7, 11) is -3.30. The minimum atomic E-state index is -3.30. The SMILES string of the molecule is CC(C)Oc1ccc(/N=c2\n(N)c(=O)n(CC3(CCC(C)(C)[Si](O)(c4ccccc4)c4ccccc4)COC3)c(=O)n2Cc2ccc(Cl)cc2)cc1Cl. The number of nitrogen functional groups attached to an aromatic ring is 1. The normalized spacial score (nSPS) is 14.7. The maximum absolute atomic E-state index is 14.5. The first-order chi connectivity index (χ1) is 25.2. The number of hydrogen-bond acceptors (Lipinski definition) is 7. The van der Waals surface area contributed by atoms with Crippen molar-refractivity contribution in [3.05, 3.63) is 145 Å². The van der Waals surface area contributed by atoms with Crippen molar-refractivity contribution >= 4 is 47.6 Å². The highest BCUT2D eigenvalue weighted by atomic mass is 35.5. The molecule has 10 nitrogen and oxygen atoms in total. The fourth-order valence-corrected chi connectivity index (χ4v) is 11.0. The predicted molar refractivity (Wildman–Crippen MR) is 213 cm³/mol. The molecule has 0 bridgehead atoms. The van der Waals surface area contributed by atoms with E-state index in [4.69, 9.17) is 38.5 Å². The van der Waals surface area contributed by atoms with Crippen molar-refractivity contribution in [2.45, 2.75) is 64.8 Å². The Morgan fingerprint density at radius 1 is 0.906 bits per heavy atom. The van der Waals surface area contributed by atoms with Crippen molar-refractivity contribution in [3.8, 4) is 5.75 Å². The summed E-state index contributed by atoms with van der Waals surface area (Å²) in [5.74, 6) is 7.00. The molecule has 0 amide bonds. The van der Waals surface area contributed by atoms with Crippen LogP contribution in [0.2, 0.25) is 15.1 Å². The van der Waals surface area contributed by atoms with Gasteiger partial charge < -0.3 is 20.1 Å². The number of nitrogens with zero attached hydrogens (tertiary/aromatic N) is 4. The molecular weight excluding hydrogens is 729 g/mol. The Morgan fingerprint density at radius 3 is 2.04 bits per heavy atom. The molecule has 0 radical (unpaired) electrons. The van der Waals surface area contributed by atoms with Crippen LogP contribution in [0.15, 0.2) is 118 Å². The third kappa shape index (κ3) is 7.95. The summed E-state index contributed by atoms with van der Waals surface area (Å²) >= 11 is 12.7. The van der Waals surface area contributed by atoms with E-state index in [1.54, 1.807) is 42.5 Å². The highest BCUT2D eigenvalue weighted by Gasteiger charge is 2.51. The van der Waals surface area contributed by atoms with E-state index in [-0.39, 0.29) is 24.8 Å². The number of nitrogens with two attached hydrogens (primary N) is 1. The van der Waals surface area contributed by atoms with Gasteiger partial charge in [0.15, 0.2) is 0 Å². The molecule has 1 aliphatic heterocycles. The fourth-order valence-electron chi connectivity index (χ4n) is 6.95. The zero-order chi connectivity index (χ0) is 38.0. The molecule has 0 unspecified atom stereocenters. The second-order valence-electron chi connectivity index (χ2n) is 14.7. The topological polar surface area (TPSA) is 126 Å². The predicted octanol–water partition coefficient (Wildman–Crippen LogP) is 5.23. The highest BCUT2D eigenvalue weighted by Crippen LogP contribution is 2.45. The van der Waals surface area contributed by atoms with E-state index in [1.807, 2.05) is 74.5 Å². The Hall–Kier alpha value is -4.39. The van der Waals surface area contributed by atoms with E-state index in [0.717, 1.165) is 20.6 Å². The Morgan fingerprint density at radius 2 is 1.51 bits per heavy atom. The van der Waals surface area contributed by atoms with Crippen molar-refractivity contribution in [1.29, 1.82) is 0 Å². The largest absolute Gasteiger partial charge is 0.489 e. The second kappa shape index (κ2) is 15.5. The summed E-state index contributed by atoms with van der Waals surface area (Å²) in [6.45, 7) is 8.85. The van der Waals surface area contributed by atoms with Crippen LogP contribution in [0.4, 0.5) is 5.69 Å². The number of rotatable bonds is 13. The van der Waals surface area contributed by atoms with Crippen molar-refractivity contribution in [2.75, 3.05) is 19.1 Å². The minimum Gasteiger partial charge on any atom is -0.489 e. The lowest BCUT2D eigenvalue weighted by molar-refractivity contribution is -0.129. The second-order valence-corrected chi connectivity index (χ2v) is 19.5. The third-order valence-electron chi connectivity index (χ3n) is 10.1. The maximum Gasteiger partial charge on any atom is 0.353 e. The fraction of sp³-hybridized carbons (Fsp3) is 0.325. The third-order valence-corrected chi connectivity index (χ3v) is 15.2. The van der Waals surface area contributed by atoms with Crippen LogP contribution in [0, 0.1) is 5.41 Å². The Bertz CT molecular complexity index is 2210. The van der Waals surface area contributed by atoms with Crippen LogP contribution < -0.4 is 38.0 Å². The molecular formula is C40H45Cl2N5O5Si. The average molecular weight is 775 g/mol. The molecule has 1 saturated heterocycles. The maximum atomic E-state index is 14.5. The van der Waals surface area contributed by atoms with E-state index < -0.39 is 30.2 Å². The van der Waals surface area contributed by atoms with Crippen LogP contribution >= 0.6 is 23.2 Å². The van der Waals surface area contributed by atoms with Gasteiger partial charge in [0.05, 0.1) is 36.6 Å². The summed E-state index contributed by atoms with van der Waals surface area (Å²) in [6.07, 6.45) is 1.12. The number of benzene rings is 4. The molecule has 0 spiro atoms. The number of aromatic nitrogens is 3. The van der Waals surface area contributed by atoms with Gasteiger partial charge in [-0.2, -0.15) is 4.68 Å². The minimum absolute atomic E-state index is 0.0541. The molecule has 1 aliphatic rings. The monoisotopic (exact) mass is 773 g/mol. The first-order valence-corrected chi connectivity index (χ1v) is 20.3. The van der Waals surface area contributed by atoms with Gasteiger partial charge in [-0.3, -0.25) is 4.57 Å². The number of ether oxygens (including phenoxy) is 2. The van der Waals surface area contributed by atoms with Crippen LogP contribution in [0.5, 0.6) is 5.75 Å². The summed E-state index contributed by atoms with van der Waals surface area (Å²) in [5.41, 5.74) is -0.746. The molecule has 278 valence electrons. The lowest BCUT2D eigenvalue weighted by Crippen LogP contribution is -2.65. The zero-order valence-electron chi connectivity index (χ0n) is 30.3. The van der Waals surface area contributed by atoms with Crippen molar-refractivity contribution < 1.29 is 14.3 Å². The Balaban J connectivity index is 1.39. The molecule has 3 N–H and O–H groups in total. The summed E-state index contributed by atoms with van der Waals surface area (Å²) in [6, 6.07) is 31.8. The lowest BCUT2D eigenvalue weighted by Gasteiger charge is -2.46. The lowest BCUT2D eigenvalue weighted by atomic mass is 9.79. The van der Waals surface area contributed by atoms with Crippen LogP contribution in [-0.4, -0.2) is 46.2 Å². The molecule has 2 heterocycles. The Kier molecular flexibility index (Phi) is 11.2. The standard InChI is InChI=1S/C40H45Cl2N5O5Si/c1-28(2)52-35-20-19-31(23-34(35)42)44-36-45(24-29-15-17-30(41)18-16-29)37(48)46(38(49)47(36)43)25-40(26-51-27-40)22-21-39(3,4)53(50,32-11-7-5-8-12-32)33-13-9-6-10-14-33/h5-20,23,28,50H,21-22,24-27,43H2,1-4H3/b44-36-. The van der Waals surface area contributed by atoms with E-state index in [0.29, 0.717) is 47.5 Å². The molecule has 0 aliphatic carbocycles. The van der Waals surface area contributed by atoms with E-state index in [2.05, 4.69) is 18.8 Å². The zero-order valence-corrected chi connectivity index (χ0v) is 32.8. The van der Waals surface area contributed by atoms with Gasteiger partial charge in [-0.1, -0.05) is 110 Å². The molecule has 6 rings (SSSR count). The van der Waals surface area contributed by atoms with Crippen molar-refractivity contribution in [3.63, 3.8) is 0 Å². The van der Waals surface area contributed by atoms with Gasteiger partial charge in [0, 0.05) is 17.0 Å². The van der Waals surface area contributed by atoms with Crippen LogP contribution in [0.25, 0.3) is 0 Å². The molecule has 13 heteroatoms. The number of hydrogen-bond donors (Lipinski definition) is 2. The summed E-state index contributed by atoms with van der Waals surface area (Å²) in [5, 5.41) is 2.18.